The van der Waals surface area contributed by atoms with Crippen LogP contribution in [-0.2, 0) is 4.79 Å². The van der Waals surface area contributed by atoms with Gasteiger partial charge in [0.1, 0.15) is 5.75 Å². The topological polar surface area (TPSA) is 50.4 Å². The number of hydrogen-bond donors (Lipinski definition) is 2. The number of benzene rings is 2. The number of rotatable bonds is 7. The van der Waals surface area contributed by atoms with E-state index in [0.29, 0.717) is 27.4 Å². The number of halogens is 2. The van der Waals surface area contributed by atoms with Gasteiger partial charge in [-0.2, -0.15) is 0 Å². The number of ether oxygens (including phenoxy) is 1. The van der Waals surface area contributed by atoms with E-state index in [2.05, 4.69) is 24.5 Å². The van der Waals surface area contributed by atoms with Gasteiger partial charge >= 0.3 is 0 Å². The second-order valence-electron chi connectivity index (χ2n) is 5.76. The smallest absolute Gasteiger partial charge is 0.262 e. The van der Waals surface area contributed by atoms with Crippen molar-refractivity contribution in [1.29, 1.82) is 0 Å². The molecule has 0 radical (unpaired) electrons. The SMILES string of the molecule is CC(C)CNc1ccc(NC(=O)COc2ccc(Cl)cc2Cl)cc1. The van der Waals surface area contributed by atoms with Crippen LogP contribution in [0.4, 0.5) is 11.4 Å². The number of hydrogen-bond acceptors (Lipinski definition) is 3. The highest BCUT2D eigenvalue weighted by Gasteiger charge is 2.07. The maximum atomic E-state index is 11.9. The molecule has 0 aromatic heterocycles. The van der Waals surface area contributed by atoms with Crippen LogP contribution >= 0.6 is 23.2 Å². The lowest BCUT2D eigenvalue weighted by atomic mass is 10.2. The Labute approximate surface area is 152 Å². The Kier molecular flexibility index (Phi) is 6.76. The molecule has 0 aliphatic carbocycles. The van der Waals surface area contributed by atoms with E-state index >= 15 is 0 Å². The zero-order chi connectivity index (χ0) is 17.5. The molecule has 0 saturated heterocycles. The quantitative estimate of drug-likeness (QED) is 0.718. The third-order valence-corrected chi connectivity index (χ3v) is 3.67. The van der Waals surface area contributed by atoms with Crippen LogP contribution < -0.4 is 15.4 Å². The maximum absolute atomic E-state index is 11.9. The molecule has 1 amide bonds. The summed E-state index contributed by atoms with van der Waals surface area (Å²) in [6.07, 6.45) is 0. The summed E-state index contributed by atoms with van der Waals surface area (Å²) in [5, 5.41) is 6.98. The lowest BCUT2D eigenvalue weighted by Gasteiger charge is -2.11. The van der Waals surface area contributed by atoms with E-state index in [1.165, 1.54) is 0 Å². The lowest BCUT2D eigenvalue weighted by molar-refractivity contribution is -0.118. The molecule has 0 heterocycles. The van der Waals surface area contributed by atoms with Crippen molar-refractivity contribution in [2.45, 2.75) is 13.8 Å². The van der Waals surface area contributed by atoms with Gasteiger partial charge in [0, 0.05) is 22.9 Å². The van der Waals surface area contributed by atoms with Crippen molar-refractivity contribution in [1.82, 2.24) is 0 Å². The van der Waals surface area contributed by atoms with Gasteiger partial charge in [-0.15, -0.1) is 0 Å². The summed E-state index contributed by atoms with van der Waals surface area (Å²) >= 11 is 11.8. The van der Waals surface area contributed by atoms with Crippen molar-refractivity contribution in [2.24, 2.45) is 5.92 Å². The first-order valence-electron chi connectivity index (χ1n) is 7.65. The molecule has 0 aliphatic heterocycles. The predicted molar refractivity (Wildman–Crippen MR) is 100 cm³/mol. The minimum Gasteiger partial charge on any atom is -0.482 e. The van der Waals surface area contributed by atoms with E-state index in [0.717, 1.165) is 12.2 Å². The molecule has 2 rings (SSSR count). The molecule has 0 fully saturated rings. The summed E-state index contributed by atoms with van der Waals surface area (Å²) in [7, 11) is 0. The van der Waals surface area contributed by atoms with Crippen molar-refractivity contribution < 1.29 is 9.53 Å². The Morgan fingerprint density at radius 2 is 1.75 bits per heavy atom. The number of carbonyl (C=O) groups excluding carboxylic acids is 1. The third-order valence-electron chi connectivity index (χ3n) is 3.14. The fraction of sp³-hybridized carbons (Fsp3) is 0.278. The van der Waals surface area contributed by atoms with Gasteiger partial charge in [-0.3, -0.25) is 4.79 Å². The minimum absolute atomic E-state index is 0.130. The van der Waals surface area contributed by atoms with Crippen LogP contribution in [0, 0.1) is 5.92 Å². The summed E-state index contributed by atoms with van der Waals surface area (Å²) in [5.74, 6) is 0.731. The summed E-state index contributed by atoms with van der Waals surface area (Å²) in [4.78, 5) is 11.9. The standard InChI is InChI=1S/C18H20Cl2N2O2/c1-12(2)10-21-14-4-6-15(7-5-14)22-18(23)11-24-17-8-3-13(19)9-16(17)20/h3-9,12,21H,10-11H2,1-2H3,(H,22,23). The van der Waals surface area contributed by atoms with Crippen LogP contribution in [0.5, 0.6) is 5.75 Å². The van der Waals surface area contributed by atoms with E-state index < -0.39 is 0 Å². The maximum Gasteiger partial charge on any atom is 0.262 e. The van der Waals surface area contributed by atoms with Gasteiger partial charge in [0.2, 0.25) is 0 Å². The summed E-state index contributed by atoms with van der Waals surface area (Å²) in [6, 6.07) is 12.4. The molecule has 2 aromatic rings. The molecular weight excluding hydrogens is 347 g/mol. The van der Waals surface area contributed by atoms with Crippen LogP contribution in [-0.4, -0.2) is 19.1 Å². The molecule has 0 bridgehead atoms. The van der Waals surface area contributed by atoms with Gasteiger partial charge < -0.3 is 15.4 Å². The Balaban J connectivity index is 1.83. The third kappa shape index (κ3) is 5.95. The highest BCUT2D eigenvalue weighted by molar-refractivity contribution is 6.35. The molecule has 0 spiro atoms. The molecule has 6 heteroatoms. The highest BCUT2D eigenvalue weighted by atomic mass is 35.5. The van der Waals surface area contributed by atoms with E-state index in [-0.39, 0.29) is 12.5 Å². The van der Waals surface area contributed by atoms with Crippen LogP contribution in [0.3, 0.4) is 0 Å². The van der Waals surface area contributed by atoms with Crippen molar-refractivity contribution >= 4 is 40.5 Å². The van der Waals surface area contributed by atoms with Gasteiger partial charge in [0.25, 0.3) is 5.91 Å². The van der Waals surface area contributed by atoms with Crippen molar-refractivity contribution in [3.8, 4) is 5.75 Å². The zero-order valence-electron chi connectivity index (χ0n) is 13.6. The average Bonchev–Trinajstić information content (AvgIpc) is 2.53. The van der Waals surface area contributed by atoms with E-state index in [4.69, 9.17) is 27.9 Å². The van der Waals surface area contributed by atoms with Gasteiger partial charge in [-0.05, 0) is 48.4 Å². The van der Waals surface area contributed by atoms with E-state index in [1.54, 1.807) is 18.2 Å². The molecule has 0 saturated carbocycles. The van der Waals surface area contributed by atoms with E-state index in [1.807, 2.05) is 24.3 Å². The number of amides is 1. The van der Waals surface area contributed by atoms with Gasteiger partial charge in [-0.25, -0.2) is 0 Å². The monoisotopic (exact) mass is 366 g/mol. The van der Waals surface area contributed by atoms with Crippen molar-refractivity contribution in [3.63, 3.8) is 0 Å². The number of nitrogens with one attached hydrogen (secondary N) is 2. The molecule has 128 valence electrons. The second-order valence-corrected chi connectivity index (χ2v) is 6.61. The fourth-order valence-corrected chi connectivity index (χ4v) is 2.39. The van der Waals surface area contributed by atoms with Gasteiger partial charge in [0.15, 0.2) is 6.61 Å². The highest BCUT2D eigenvalue weighted by Crippen LogP contribution is 2.27. The molecule has 4 nitrogen and oxygen atoms in total. The molecule has 0 unspecified atom stereocenters. The molecule has 2 N–H and O–H groups in total. The first-order chi connectivity index (χ1) is 11.4. The van der Waals surface area contributed by atoms with Crippen molar-refractivity contribution in [3.05, 3.63) is 52.5 Å². The van der Waals surface area contributed by atoms with Crippen LogP contribution in [0.1, 0.15) is 13.8 Å². The van der Waals surface area contributed by atoms with Crippen LogP contribution in [0.25, 0.3) is 0 Å². The Hall–Kier alpha value is -1.91. The Bertz CT molecular complexity index is 688. The zero-order valence-corrected chi connectivity index (χ0v) is 15.1. The van der Waals surface area contributed by atoms with E-state index in [9.17, 15) is 4.79 Å². The second kappa shape index (κ2) is 8.81. The fourth-order valence-electron chi connectivity index (χ4n) is 1.93. The number of anilines is 2. The minimum atomic E-state index is -0.260. The van der Waals surface area contributed by atoms with Crippen LogP contribution in [0.2, 0.25) is 10.0 Å². The molecule has 24 heavy (non-hydrogen) atoms. The van der Waals surface area contributed by atoms with Crippen molar-refractivity contribution in [2.75, 3.05) is 23.8 Å². The molecule has 0 atom stereocenters. The number of carbonyl (C=O) groups is 1. The molecule has 0 aliphatic rings. The van der Waals surface area contributed by atoms with Crippen LogP contribution in [0.15, 0.2) is 42.5 Å². The largest absolute Gasteiger partial charge is 0.482 e. The summed E-state index contributed by atoms with van der Waals surface area (Å²) in [6.45, 7) is 5.07. The first-order valence-corrected chi connectivity index (χ1v) is 8.41. The first kappa shape index (κ1) is 18.4. The summed E-state index contributed by atoms with van der Waals surface area (Å²) < 4.78 is 5.40. The normalized spacial score (nSPS) is 10.5. The Morgan fingerprint density at radius 3 is 2.38 bits per heavy atom. The molecule has 2 aromatic carbocycles. The van der Waals surface area contributed by atoms with Gasteiger partial charge in [-0.1, -0.05) is 37.0 Å². The summed E-state index contributed by atoms with van der Waals surface area (Å²) in [5.41, 5.74) is 1.73. The average molecular weight is 367 g/mol. The molecular formula is C18H20Cl2N2O2. The Morgan fingerprint density at radius 1 is 1.08 bits per heavy atom. The predicted octanol–water partition coefficient (Wildman–Crippen LogP) is 5.08. The lowest BCUT2D eigenvalue weighted by Crippen LogP contribution is -2.20. The van der Waals surface area contributed by atoms with Gasteiger partial charge in [0.05, 0.1) is 5.02 Å².